The van der Waals surface area contributed by atoms with E-state index in [1.165, 1.54) is 44.6 Å². The van der Waals surface area contributed by atoms with Crippen LogP contribution in [0.2, 0.25) is 0 Å². The molecule has 6 aliphatic rings. The molecule has 4 unspecified atom stereocenters. The molecule has 0 spiro atoms. The van der Waals surface area contributed by atoms with Gasteiger partial charge in [-0.15, -0.1) is 35.8 Å². The predicted molar refractivity (Wildman–Crippen MR) is 488 cm³/mol. The second kappa shape index (κ2) is 44.1. The van der Waals surface area contributed by atoms with Crippen LogP contribution < -0.4 is 50.8 Å². The van der Waals surface area contributed by atoms with Crippen molar-refractivity contribution in [2.45, 2.75) is 251 Å². The molecule has 6 aromatic rings. The number of thiazole rings is 2. The lowest BCUT2D eigenvalue weighted by Crippen LogP contribution is -2.58. The fraction of sp³-hybridized carbons (Fsp3) is 0.591. The molecule has 4 saturated carbocycles. The Labute approximate surface area is 765 Å². The van der Waals surface area contributed by atoms with E-state index in [0.29, 0.717) is 67.6 Å². The second-order valence-electron chi connectivity index (χ2n) is 35.2. The van der Waals surface area contributed by atoms with Crippen molar-refractivity contribution in [1.82, 2.24) is 51.0 Å². The van der Waals surface area contributed by atoms with Gasteiger partial charge in [0, 0.05) is 82.6 Å². The molecular formula is C88H123ClN12O24P2S2. The first-order valence-corrected chi connectivity index (χ1v) is 48.7. The number of halogens is 1. The number of hydrogen-bond donors (Lipinski definition) is 7. The number of anilines is 2. The number of nitrogens with zero attached hydrogens (tertiary/aromatic N) is 6. The van der Waals surface area contributed by atoms with E-state index < -0.39 is 140 Å². The number of carbonyl (C=O) groups is 8. The molecule has 4 aromatic heterocycles. The monoisotopic (exact) mass is 1890 g/mol. The number of alkyl halides is 1. The number of likely N-dealkylation sites (tertiary alicyclic amines) is 2. The molecular weight excluding hydrogens is 1770 g/mol. The van der Waals surface area contributed by atoms with Crippen molar-refractivity contribution in [2.75, 3.05) is 71.1 Å². The molecule has 129 heavy (non-hydrogen) atoms. The number of methoxy groups -OCH3 is 3. The van der Waals surface area contributed by atoms with Crippen molar-refractivity contribution in [1.29, 1.82) is 0 Å². The first-order valence-electron chi connectivity index (χ1n) is 43.3. The summed E-state index contributed by atoms with van der Waals surface area (Å²) in [6, 6.07) is 10.1. The number of pyridine rings is 2. The van der Waals surface area contributed by atoms with Gasteiger partial charge in [0.2, 0.25) is 30.4 Å². The van der Waals surface area contributed by atoms with Crippen molar-refractivity contribution in [3.63, 3.8) is 0 Å². The highest BCUT2D eigenvalue weighted by Crippen LogP contribution is 2.73. The van der Waals surface area contributed by atoms with Crippen molar-refractivity contribution < 1.29 is 113 Å². The zero-order valence-corrected chi connectivity index (χ0v) is 80.4. The van der Waals surface area contributed by atoms with Crippen LogP contribution in [0.1, 0.15) is 174 Å². The first-order chi connectivity index (χ1) is 61.1. The minimum atomic E-state index is -4.36. The lowest BCUT2D eigenvalue weighted by atomic mass is 9.85. The Kier molecular flexibility index (Phi) is 34.7. The molecule has 36 nitrogen and oxygen atoms in total. The normalized spacial score (nSPS) is 22.2. The number of hydrogen-bond acceptors (Lipinski definition) is 31. The third-order valence-corrected chi connectivity index (χ3v) is 28.9. The molecule has 4 aliphatic carbocycles. The molecule has 41 heteroatoms. The second-order valence-corrected chi connectivity index (χ2v) is 41.6. The van der Waals surface area contributed by atoms with E-state index in [4.69, 9.17) is 78.3 Å². The maximum atomic E-state index is 14.9. The number of aromatic nitrogens is 4. The van der Waals surface area contributed by atoms with E-state index in [2.05, 4.69) is 59.3 Å². The largest absolute Gasteiger partial charge is 0.510 e. The smallest absolute Gasteiger partial charge is 0.497 e. The van der Waals surface area contributed by atoms with Crippen LogP contribution in [-0.2, 0) is 70.3 Å². The fourth-order valence-electron chi connectivity index (χ4n) is 15.8. The zero-order chi connectivity index (χ0) is 94.3. The van der Waals surface area contributed by atoms with Crippen LogP contribution in [0, 0.1) is 22.7 Å². The summed E-state index contributed by atoms with van der Waals surface area (Å²) in [6.45, 7) is 32.3. The minimum Gasteiger partial charge on any atom is -0.497 e. The van der Waals surface area contributed by atoms with Crippen molar-refractivity contribution in [2.24, 2.45) is 22.7 Å². The van der Waals surface area contributed by atoms with E-state index in [1.54, 1.807) is 78.3 Å². The van der Waals surface area contributed by atoms with Gasteiger partial charge in [0.1, 0.15) is 93.5 Å². The maximum Gasteiger partial charge on any atom is 0.510 e. The first kappa shape index (κ1) is 101. The summed E-state index contributed by atoms with van der Waals surface area (Å²) < 4.78 is 98.7. The van der Waals surface area contributed by atoms with E-state index in [9.17, 15) is 52.4 Å². The summed E-state index contributed by atoms with van der Waals surface area (Å²) in [6.07, 6.45) is 4.84. The zero-order valence-electron chi connectivity index (χ0n) is 76.2. The van der Waals surface area contributed by atoms with Gasteiger partial charge in [-0.2, -0.15) is 0 Å². The molecule has 7 N–H and O–H groups in total. The van der Waals surface area contributed by atoms with Crippen LogP contribution in [0.4, 0.5) is 29.4 Å². The van der Waals surface area contributed by atoms with Crippen LogP contribution in [-0.4, -0.2) is 221 Å². The van der Waals surface area contributed by atoms with Crippen molar-refractivity contribution in [3.8, 4) is 45.8 Å². The van der Waals surface area contributed by atoms with E-state index in [-0.39, 0.29) is 88.4 Å². The number of fused-ring (bicyclic) bond motifs is 2. The topological polar surface area (TPSA) is 441 Å². The summed E-state index contributed by atoms with van der Waals surface area (Å²) in [5.41, 5.74) is 1.87. The highest BCUT2D eigenvalue weighted by atomic mass is 35.5. The number of benzene rings is 2. The van der Waals surface area contributed by atoms with E-state index in [0.717, 1.165) is 68.7 Å². The van der Waals surface area contributed by atoms with Gasteiger partial charge in [0.25, 0.3) is 0 Å². The number of rotatable bonds is 35. The van der Waals surface area contributed by atoms with E-state index in [1.807, 2.05) is 92.1 Å². The van der Waals surface area contributed by atoms with Crippen LogP contribution in [0.5, 0.6) is 23.0 Å². The van der Waals surface area contributed by atoms with Crippen LogP contribution >= 0.6 is 49.5 Å². The third-order valence-electron chi connectivity index (χ3n) is 22.4. The Morgan fingerprint density at radius 3 is 1.38 bits per heavy atom. The molecule has 12 rings (SSSR count). The van der Waals surface area contributed by atoms with E-state index >= 15 is 0 Å². The lowest BCUT2D eigenvalue weighted by Gasteiger charge is -2.36. The molecule has 0 radical (unpaired) electrons. The van der Waals surface area contributed by atoms with Gasteiger partial charge >= 0.3 is 39.7 Å². The molecule has 708 valence electrons. The van der Waals surface area contributed by atoms with Gasteiger partial charge in [-0.1, -0.05) is 65.3 Å². The average Bonchev–Trinajstić information content (AvgIpc) is 1.56. The highest BCUT2D eigenvalue weighted by molar-refractivity contribution is 7.56. The summed E-state index contributed by atoms with van der Waals surface area (Å²) in [5, 5.41) is 21.4. The molecule has 0 bridgehead atoms. The van der Waals surface area contributed by atoms with Gasteiger partial charge in [0.05, 0.1) is 76.2 Å². The summed E-state index contributed by atoms with van der Waals surface area (Å²) >= 11 is 7.96. The Morgan fingerprint density at radius 2 is 1.01 bits per heavy atom. The molecule has 2 aromatic carbocycles. The Morgan fingerprint density at radius 1 is 0.581 bits per heavy atom. The minimum absolute atomic E-state index is 0.00446. The number of nitrogens with one attached hydrogen (secondary N) is 6. The Hall–Kier alpha value is -9.65. The molecule has 6 fully saturated rings. The SMILES string of the molecule is C=C[C@@H]1C[C@]1(NC(=O)C1CC(Oc2cc(-c3csc(NC(C)C)n3)nc3cc(OC)ccc23)CN1C(=O)[C@@H](NC(=O)OC1CCCC1)C(C)(C)C)P(=O)(O)OCC.C=C[C@@H]1C[C@]1(NC(=O)[C@@H]1C[C@@H](Oc2cc(-c3csc(NC(C)C)n3)nc3cc(OC)ccc23)CN1C(=O)[C@@H](NC(=O)OC1CCCC1)C(C)(C)C)P(=O)(OCC)OCOC(=O)OC.CC(C)OC(=O)OCCl. The van der Waals surface area contributed by atoms with Gasteiger partial charge in [-0.05, 0) is 155 Å². The number of amides is 6. The standard InChI is InChI=1S/C43H59N6O12PS.C40H55N6O9PS.C5H9ClO3/c1-10-26-21-43(26,62(54,58-11-2)59-24-57-41(53)56-9)48-37(50)34-19-29(22-49(34)38(51)36(42(5,6)7)47-40(52)61-27-14-12-13-15-27)60-35-20-32(33-23-63-39(46-33)44-25(3)4)45-31-18-28(55-8)16-17-30(31)35;1-9-24-20-40(24,56(50,51)53-10-2)45-35(47)32-18-27(21-46(32)36(48)34(39(5,6)7)44-38(49)55-25-13-11-12-14-25)54-33-19-30(31-22-57-37(43-31)41-23(3)4)42-29-17-26(52-8)15-16-28(29)33;1-4(2)9-5(7)8-3-6/h10,16-18,20,23,25-27,29,34,36H,1,11-15,19,21-22,24H2,2-9H3,(H,44,46)(H,47,52)(H,48,50);9,15-17,19,22-25,27,32,34H,1,10-14,18,20-21H2,2-8H3,(H,41,43)(H,44,49)(H,45,47)(H,50,51);4H,3H2,1-2H3/t26-,29-,34+,36-,43+,62?;24-,27?,32?,34-,40+;/m11./s1. The molecule has 2 saturated heterocycles. The van der Waals surface area contributed by atoms with Crippen molar-refractivity contribution >= 4 is 130 Å². The molecule has 2 aliphatic heterocycles. The maximum absolute atomic E-state index is 14.9. The quantitative estimate of drug-likeness (QED) is 0.00485. The van der Waals surface area contributed by atoms with Crippen LogP contribution in [0.15, 0.2) is 84.6 Å². The Balaban J connectivity index is 0.000000246. The molecule has 6 heterocycles. The number of alkyl carbamates (subject to hydrolysis) is 2. The third kappa shape index (κ3) is 25.6. The average molecular weight is 1890 g/mol. The summed E-state index contributed by atoms with van der Waals surface area (Å²) in [5.74, 6) is -1.40. The van der Waals surface area contributed by atoms with Gasteiger partial charge in [-0.3, -0.25) is 32.8 Å². The Bertz CT molecular complexity index is 5080. The lowest BCUT2D eigenvalue weighted by molar-refractivity contribution is -0.142. The molecule has 6 amide bonds. The van der Waals surface area contributed by atoms with Crippen LogP contribution in [0.25, 0.3) is 44.6 Å². The van der Waals surface area contributed by atoms with Gasteiger partial charge < -0.3 is 103 Å². The van der Waals surface area contributed by atoms with Crippen molar-refractivity contribution in [3.05, 3.63) is 84.6 Å². The number of carbonyl (C=O) groups excluding carboxylic acids is 8. The van der Waals surface area contributed by atoms with Gasteiger partial charge in [0.15, 0.2) is 16.3 Å². The predicted octanol–water partition coefficient (Wildman–Crippen LogP) is 16.2. The van der Waals surface area contributed by atoms with Gasteiger partial charge in [-0.25, -0.2) is 39.1 Å². The summed E-state index contributed by atoms with van der Waals surface area (Å²) in [4.78, 5) is 140. The summed E-state index contributed by atoms with van der Waals surface area (Å²) in [7, 11) is -4.39. The molecule has 12 atom stereocenters. The van der Waals surface area contributed by atoms with Crippen LogP contribution in [0.3, 0.4) is 0 Å². The highest BCUT2D eigenvalue weighted by Gasteiger charge is 2.70. The number of ether oxygens (including phenoxy) is 10. The fourth-order valence-corrected chi connectivity index (χ4v) is 21.6.